The molecule has 0 aromatic rings. The Balaban J connectivity index is 1.91. The van der Waals surface area contributed by atoms with E-state index in [9.17, 15) is 0 Å². The number of nitrogens with zero attached hydrogens (tertiary/aromatic N) is 3. The highest BCUT2D eigenvalue weighted by Gasteiger charge is 2.31. The summed E-state index contributed by atoms with van der Waals surface area (Å²) in [7, 11) is 0. The monoisotopic (exact) mass is 211 g/mol. The number of hydrogen-bond donors (Lipinski definition) is 0. The molecule has 2 heterocycles. The molecule has 15 heavy (non-hydrogen) atoms. The molecule has 88 valence electrons. The maximum Gasteiger partial charge on any atom is 0.0351 e. The van der Waals surface area contributed by atoms with E-state index >= 15 is 0 Å². The van der Waals surface area contributed by atoms with E-state index in [0.29, 0.717) is 6.04 Å². The minimum Gasteiger partial charge on any atom is -0.301 e. The first kappa shape index (κ1) is 11.4. The molecule has 2 aliphatic rings. The van der Waals surface area contributed by atoms with Gasteiger partial charge in [0.2, 0.25) is 0 Å². The smallest absolute Gasteiger partial charge is 0.0351 e. The van der Waals surface area contributed by atoms with Crippen LogP contribution in [-0.4, -0.2) is 72.6 Å². The number of fused-ring (bicyclic) bond motifs is 1. The summed E-state index contributed by atoms with van der Waals surface area (Å²) in [4.78, 5) is 7.90. The Kier molecular flexibility index (Phi) is 3.65. The number of hydrogen-bond acceptors (Lipinski definition) is 3. The van der Waals surface area contributed by atoms with Crippen LogP contribution in [0.4, 0.5) is 0 Å². The standard InChI is InChI=1S/C12H25N3/c1-4-13-5-6-14-7-8-15(11(2)3)10-12(14)9-13/h11-12H,4-10H2,1-3H3. The molecule has 0 spiro atoms. The summed E-state index contributed by atoms with van der Waals surface area (Å²) in [5.41, 5.74) is 0. The van der Waals surface area contributed by atoms with E-state index in [1.54, 1.807) is 0 Å². The highest BCUT2D eigenvalue weighted by molar-refractivity contribution is 4.89. The third-order valence-corrected chi connectivity index (χ3v) is 3.99. The summed E-state index contributed by atoms with van der Waals surface area (Å²) in [6, 6.07) is 1.50. The molecule has 0 aromatic heterocycles. The molecule has 0 aliphatic carbocycles. The predicted molar refractivity (Wildman–Crippen MR) is 64.2 cm³/mol. The van der Waals surface area contributed by atoms with Gasteiger partial charge in [-0.2, -0.15) is 0 Å². The molecule has 3 nitrogen and oxygen atoms in total. The molecule has 3 heteroatoms. The van der Waals surface area contributed by atoms with Crippen molar-refractivity contribution in [2.24, 2.45) is 0 Å². The molecule has 1 atom stereocenters. The quantitative estimate of drug-likeness (QED) is 0.666. The first-order valence-corrected chi connectivity index (χ1v) is 6.41. The van der Waals surface area contributed by atoms with Gasteiger partial charge < -0.3 is 4.90 Å². The van der Waals surface area contributed by atoms with Crippen molar-refractivity contribution in [3.63, 3.8) is 0 Å². The normalized spacial score (nSPS) is 30.8. The van der Waals surface area contributed by atoms with Crippen molar-refractivity contribution in [2.45, 2.75) is 32.9 Å². The van der Waals surface area contributed by atoms with Crippen molar-refractivity contribution in [1.82, 2.24) is 14.7 Å². The number of piperazine rings is 2. The number of rotatable bonds is 2. The zero-order chi connectivity index (χ0) is 10.8. The molecular weight excluding hydrogens is 186 g/mol. The summed E-state index contributed by atoms with van der Waals surface area (Å²) in [5.74, 6) is 0. The fourth-order valence-corrected chi connectivity index (χ4v) is 2.80. The molecule has 2 fully saturated rings. The van der Waals surface area contributed by atoms with Gasteiger partial charge in [0, 0.05) is 51.4 Å². The van der Waals surface area contributed by atoms with Crippen LogP contribution in [0.2, 0.25) is 0 Å². The lowest BCUT2D eigenvalue weighted by Gasteiger charge is -2.48. The Morgan fingerprint density at radius 2 is 1.80 bits per heavy atom. The van der Waals surface area contributed by atoms with Crippen LogP contribution in [-0.2, 0) is 0 Å². The Morgan fingerprint density at radius 1 is 1.07 bits per heavy atom. The molecule has 1 unspecified atom stereocenters. The van der Waals surface area contributed by atoms with Crippen LogP contribution < -0.4 is 0 Å². The average Bonchev–Trinajstić information content (AvgIpc) is 2.27. The molecule has 0 radical (unpaired) electrons. The van der Waals surface area contributed by atoms with Gasteiger partial charge in [0.05, 0.1) is 0 Å². The minimum absolute atomic E-state index is 0.712. The molecule has 0 amide bonds. The lowest BCUT2D eigenvalue weighted by Crippen LogP contribution is -2.62. The van der Waals surface area contributed by atoms with E-state index < -0.39 is 0 Å². The van der Waals surface area contributed by atoms with E-state index in [4.69, 9.17) is 0 Å². The van der Waals surface area contributed by atoms with Crippen molar-refractivity contribution in [1.29, 1.82) is 0 Å². The van der Waals surface area contributed by atoms with E-state index in [1.807, 2.05) is 0 Å². The van der Waals surface area contributed by atoms with E-state index in [2.05, 4.69) is 35.5 Å². The average molecular weight is 211 g/mol. The van der Waals surface area contributed by atoms with Crippen LogP contribution in [0.25, 0.3) is 0 Å². The number of likely N-dealkylation sites (N-methyl/N-ethyl adjacent to an activating group) is 1. The fourth-order valence-electron chi connectivity index (χ4n) is 2.80. The third-order valence-electron chi connectivity index (χ3n) is 3.99. The Morgan fingerprint density at radius 3 is 2.47 bits per heavy atom. The first-order chi connectivity index (χ1) is 7.20. The molecule has 2 rings (SSSR count). The Hall–Kier alpha value is -0.120. The van der Waals surface area contributed by atoms with Crippen LogP contribution in [0.1, 0.15) is 20.8 Å². The highest BCUT2D eigenvalue weighted by atomic mass is 15.3. The molecular formula is C12H25N3. The summed E-state index contributed by atoms with van der Waals surface area (Å²) in [6.07, 6.45) is 0. The second-order valence-corrected chi connectivity index (χ2v) is 5.17. The first-order valence-electron chi connectivity index (χ1n) is 6.41. The van der Waals surface area contributed by atoms with Gasteiger partial charge in [0.15, 0.2) is 0 Å². The lowest BCUT2D eigenvalue weighted by atomic mass is 10.1. The van der Waals surface area contributed by atoms with Crippen LogP contribution in [0.5, 0.6) is 0 Å². The van der Waals surface area contributed by atoms with Gasteiger partial charge in [0.1, 0.15) is 0 Å². The van der Waals surface area contributed by atoms with E-state index in [1.165, 1.54) is 45.8 Å². The predicted octanol–water partition coefficient (Wildman–Crippen LogP) is 0.717. The van der Waals surface area contributed by atoms with Crippen molar-refractivity contribution < 1.29 is 0 Å². The zero-order valence-electron chi connectivity index (χ0n) is 10.4. The van der Waals surface area contributed by atoms with Crippen molar-refractivity contribution in [2.75, 3.05) is 45.8 Å². The molecule has 0 bridgehead atoms. The van der Waals surface area contributed by atoms with Crippen LogP contribution in [0.3, 0.4) is 0 Å². The van der Waals surface area contributed by atoms with Gasteiger partial charge in [-0.25, -0.2) is 0 Å². The lowest BCUT2D eigenvalue weighted by molar-refractivity contribution is 0.00361. The summed E-state index contributed by atoms with van der Waals surface area (Å²) in [6.45, 7) is 15.8. The summed E-state index contributed by atoms with van der Waals surface area (Å²) >= 11 is 0. The van der Waals surface area contributed by atoms with Gasteiger partial charge in [-0.3, -0.25) is 9.80 Å². The molecule has 0 aromatic carbocycles. The molecule has 2 aliphatic heterocycles. The van der Waals surface area contributed by atoms with Crippen LogP contribution in [0, 0.1) is 0 Å². The second kappa shape index (κ2) is 4.81. The second-order valence-electron chi connectivity index (χ2n) is 5.17. The maximum absolute atomic E-state index is 2.69. The largest absolute Gasteiger partial charge is 0.301 e. The summed E-state index contributed by atoms with van der Waals surface area (Å²) in [5, 5.41) is 0. The summed E-state index contributed by atoms with van der Waals surface area (Å²) < 4.78 is 0. The van der Waals surface area contributed by atoms with Gasteiger partial charge >= 0.3 is 0 Å². The van der Waals surface area contributed by atoms with E-state index in [-0.39, 0.29) is 0 Å². The SMILES string of the molecule is CCN1CCN2CCN(C(C)C)CC2C1. The molecule has 2 saturated heterocycles. The zero-order valence-corrected chi connectivity index (χ0v) is 10.4. The molecule has 0 N–H and O–H groups in total. The third kappa shape index (κ3) is 2.52. The Labute approximate surface area is 94.0 Å². The van der Waals surface area contributed by atoms with E-state index in [0.717, 1.165) is 6.04 Å². The molecule has 0 saturated carbocycles. The topological polar surface area (TPSA) is 9.72 Å². The van der Waals surface area contributed by atoms with Crippen LogP contribution >= 0.6 is 0 Å². The highest BCUT2D eigenvalue weighted by Crippen LogP contribution is 2.16. The minimum atomic E-state index is 0.712. The maximum atomic E-state index is 2.69. The van der Waals surface area contributed by atoms with Crippen molar-refractivity contribution in [3.8, 4) is 0 Å². The Bertz CT molecular complexity index is 205. The van der Waals surface area contributed by atoms with Gasteiger partial charge in [0.25, 0.3) is 0 Å². The van der Waals surface area contributed by atoms with Gasteiger partial charge in [-0.1, -0.05) is 6.92 Å². The van der Waals surface area contributed by atoms with Crippen molar-refractivity contribution >= 4 is 0 Å². The fraction of sp³-hybridized carbons (Fsp3) is 1.00. The van der Waals surface area contributed by atoms with Gasteiger partial charge in [-0.05, 0) is 20.4 Å². The van der Waals surface area contributed by atoms with Crippen LogP contribution in [0.15, 0.2) is 0 Å². The van der Waals surface area contributed by atoms with Gasteiger partial charge in [-0.15, -0.1) is 0 Å². The van der Waals surface area contributed by atoms with Crippen molar-refractivity contribution in [3.05, 3.63) is 0 Å².